The molecule has 0 saturated heterocycles. The van der Waals surface area contributed by atoms with Crippen molar-refractivity contribution in [1.82, 2.24) is 10.4 Å². The predicted octanol–water partition coefficient (Wildman–Crippen LogP) is 3.25. The molecule has 2 rings (SSSR count). The molecule has 1 aromatic carbocycles. The van der Waals surface area contributed by atoms with E-state index in [4.69, 9.17) is 22.2 Å². The first-order chi connectivity index (χ1) is 9.65. The van der Waals surface area contributed by atoms with E-state index in [-0.39, 0.29) is 6.04 Å². The summed E-state index contributed by atoms with van der Waals surface area (Å²) in [5, 5.41) is 0.587. The lowest BCUT2D eigenvalue weighted by molar-refractivity contribution is 0.405. The molecule has 0 fully saturated rings. The van der Waals surface area contributed by atoms with Gasteiger partial charge in [0.25, 0.3) is 0 Å². The maximum Gasteiger partial charge on any atom is 0.122 e. The first-order valence-electron chi connectivity index (χ1n) is 6.03. The van der Waals surface area contributed by atoms with Gasteiger partial charge in [0.2, 0.25) is 0 Å². The summed E-state index contributed by atoms with van der Waals surface area (Å²) in [6, 6.07) is 7.61. The van der Waals surface area contributed by atoms with Gasteiger partial charge in [0, 0.05) is 16.9 Å². The molecule has 0 spiro atoms. The van der Waals surface area contributed by atoms with Crippen molar-refractivity contribution < 1.29 is 4.74 Å². The molecule has 0 radical (unpaired) electrons. The van der Waals surface area contributed by atoms with Gasteiger partial charge in [0.15, 0.2) is 0 Å². The van der Waals surface area contributed by atoms with Gasteiger partial charge in [-0.2, -0.15) is 0 Å². The van der Waals surface area contributed by atoms with E-state index in [0.717, 1.165) is 21.3 Å². The van der Waals surface area contributed by atoms with Crippen LogP contribution in [0, 0.1) is 0 Å². The maximum atomic E-state index is 6.17. The SMILES string of the molecule is COc1ccc(Br)cc1CC(NN)c1ccncc1Cl. The first kappa shape index (κ1) is 15.3. The fourth-order valence-corrected chi connectivity index (χ4v) is 2.71. The van der Waals surface area contributed by atoms with Crippen LogP contribution in [0.5, 0.6) is 5.75 Å². The summed E-state index contributed by atoms with van der Waals surface area (Å²) in [6.07, 6.45) is 3.96. The second kappa shape index (κ2) is 7.04. The molecule has 0 saturated carbocycles. The van der Waals surface area contributed by atoms with Gasteiger partial charge in [-0.25, -0.2) is 0 Å². The monoisotopic (exact) mass is 355 g/mol. The number of rotatable bonds is 5. The third-order valence-electron chi connectivity index (χ3n) is 3.05. The highest BCUT2D eigenvalue weighted by atomic mass is 79.9. The third kappa shape index (κ3) is 3.49. The fourth-order valence-electron chi connectivity index (χ4n) is 2.05. The summed E-state index contributed by atoms with van der Waals surface area (Å²) in [7, 11) is 1.65. The second-order valence-electron chi connectivity index (χ2n) is 4.28. The molecule has 0 aliphatic carbocycles. The normalized spacial score (nSPS) is 12.2. The Morgan fingerprint density at radius 1 is 1.45 bits per heavy atom. The average Bonchev–Trinajstić information content (AvgIpc) is 2.46. The molecule has 0 aliphatic heterocycles. The standard InChI is InChI=1S/C14H15BrClN3O/c1-20-14-3-2-10(15)6-9(14)7-13(19-17)11-4-5-18-8-12(11)16/h2-6,8,13,19H,7,17H2,1H3. The van der Waals surface area contributed by atoms with Crippen molar-refractivity contribution in [1.29, 1.82) is 0 Å². The number of pyridine rings is 1. The zero-order valence-corrected chi connectivity index (χ0v) is 13.3. The summed E-state index contributed by atoms with van der Waals surface area (Å²) >= 11 is 9.64. The summed E-state index contributed by atoms with van der Waals surface area (Å²) < 4.78 is 6.37. The lowest BCUT2D eigenvalue weighted by Gasteiger charge is -2.19. The van der Waals surface area contributed by atoms with Gasteiger partial charge >= 0.3 is 0 Å². The maximum absolute atomic E-state index is 6.17. The number of nitrogens with two attached hydrogens (primary N) is 1. The number of ether oxygens (including phenoxy) is 1. The van der Waals surface area contributed by atoms with Crippen LogP contribution in [0.2, 0.25) is 5.02 Å². The Kier molecular flexibility index (Phi) is 5.37. The minimum Gasteiger partial charge on any atom is -0.496 e. The number of halogens is 2. The van der Waals surface area contributed by atoms with Crippen LogP contribution < -0.4 is 16.0 Å². The number of hydrogen-bond acceptors (Lipinski definition) is 4. The highest BCUT2D eigenvalue weighted by molar-refractivity contribution is 9.10. The lowest BCUT2D eigenvalue weighted by Crippen LogP contribution is -2.30. The Bertz CT molecular complexity index is 594. The lowest BCUT2D eigenvalue weighted by atomic mass is 9.99. The van der Waals surface area contributed by atoms with Crippen molar-refractivity contribution in [3.8, 4) is 5.75 Å². The molecule has 1 heterocycles. The second-order valence-corrected chi connectivity index (χ2v) is 5.60. The van der Waals surface area contributed by atoms with Crippen molar-refractivity contribution in [2.24, 2.45) is 5.84 Å². The van der Waals surface area contributed by atoms with Gasteiger partial charge in [-0.3, -0.25) is 16.3 Å². The molecule has 0 aliphatic rings. The van der Waals surface area contributed by atoms with E-state index in [1.807, 2.05) is 24.3 Å². The summed E-state index contributed by atoms with van der Waals surface area (Å²) in [4.78, 5) is 3.98. The molecule has 106 valence electrons. The topological polar surface area (TPSA) is 60.2 Å². The van der Waals surface area contributed by atoms with Gasteiger partial charge in [-0.05, 0) is 41.8 Å². The molecule has 1 atom stereocenters. The van der Waals surface area contributed by atoms with Gasteiger partial charge < -0.3 is 4.74 Å². The van der Waals surface area contributed by atoms with E-state index in [0.29, 0.717) is 11.4 Å². The summed E-state index contributed by atoms with van der Waals surface area (Å²) in [6.45, 7) is 0. The van der Waals surface area contributed by atoms with E-state index in [9.17, 15) is 0 Å². The molecule has 4 nitrogen and oxygen atoms in total. The first-order valence-corrected chi connectivity index (χ1v) is 7.20. The highest BCUT2D eigenvalue weighted by Gasteiger charge is 2.16. The van der Waals surface area contributed by atoms with Crippen LogP contribution in [-0.4, -0.2) is 12.1 Å². The largest absolute Gasteiger partial charge is 0.496 e. The molecule has 6 heteroatoms. The van der Waals surface area contributed by atoms with Crippen LogP contribution in [-0.2, 0) is 6.42 Å². The van der Waals surface area contributed by atoms with E-state index in [1.165, 1.54) is 0 Å². The summed E-state index contributed by atoms with van der Waals surface area (Å²) in [5.74, 6) is 6.49. The molecular weight excluding hydrogens is 342 g/mol. The van der Waals surface area contributed by atoms with Gasteiger partial charge in [0.05, 0.1) is 18.2 Å². The van der Waals surface area contributed by atoms with Gasteiger partial charge in [-0.1, -0.05) is 27.5 Å². The summed E-state index contributed by atoms with van der Waals surface area (Å²) in [5.41, 5.74) is 4.74. The van der Waals surface area contributed by atoms with Crippen molar-refractivity contribution in [2.45, 2.75) is 12.5 Å². The van der Waals surface area contributed by atoms with Crippen LogP contribution >= 0.6 is 27.5 Å². The van der Waals surface area contributed by atoms with Crippen molar-refractivity contribution >= 4 is 27.5 Å². The molecule has 1 aromatic heterocycles. The van der Waals surface area contributed by atoms with Gasteiger partial charge in [-0.15, -0.1) is 0 Å². The molecule has 20 heavy (non-hydrogen) atoms. The molecule has 3 N–H and O–H groups in total. The number of hydrogen-bond donors (Lipinski definition) is 2. The van der Waals surface area contributed by atoms with Crippen LogP contribution in [0.4, 0.5) is 0 Å². The van der Waals surface area contributed by atoms with E-state index in [1.54, 1.807) is 19.5 Å². The van der Waals surface area contributed by atoms with Crippen molar-refractivity contribution in [3.63, 3.8) is 0 Å². The quantitative estimate of drug-likeness (QED) is 0.638. The molecule has 0 amide bonds. The van der Waals surface area contributed by atoms with Crippen molar-refractivity contribution in [2.75, 3.05) is 7.11 Å². The minimum atomic E-state index is -0.117. The molecule has 0 bridgehead atoms. The molecule has 1 unspecified atom stereocenters. The Morgan fingerprint density at radius 3 is 2.90 bits per heavy atom. The smallest absolute Gasteiger partial charge is 0.122 e. The Balaban J connectivity index is 2.31. The number of benzene rings is 1. The van der Waals surface area contributed by atoms with E-state index < -0.39 is 0 Å². The predicted molar refractivity (Wildman–Crippen MR) is 83.7 cm³/mol. The molecular formula is C14H15BrClN3O. The molecule has 2 aromatic rings. The number of nitrogens with one attached hydrogen (secondary N) is 1. The highest BCUT2D eigenvalue weighted by Crippen LogP contribution is 2.29. The van der Waals surface area contributed by atoms with Crippen LogP contribution in [0.15, 0.2) is 41.1 Å². The number of nitrogens with zero attached hydrogens (tertiary/aromatic N) is 1. The van der Waals surface area contributed by atoms with Crippen LogP contribution in [0.1, 0.15) is 17.2 Å². The minimum absolute atomic E-state index is 0.117. The fraction of sp³-hybridized carbons (Fsp3) is 0.214. The Hall–Kier alpha value is -1.14. The number of aromatic nitrogens is 1. The Labute approximate surface area is 131 Å². The average molecular weight is 357 g/mol. The zero-order chi connectivity index (χ0) is 14.5. The third-order valence-corrected chi connectivity index (χ3v) is 3.86. The number of methoxy groups -OCH3 is 1. The van der Waals surface area contributed by atoms with Crippen LogP contribution in [0.25, 0.3) is 0 Å². The van der Waals surface area contributed by atoms with E-state index >= 15 is 0 Å². The Morgan fingerprint density at radius 2 is 2.25 bits per heavy atom. The zero-order valence-electron chi connectivity index (χ0n) is 10.9. The van der Waals surface area contributed by atoms with Gasteiger partial charge in [0.1, 0.15) is 5.75 Å². The number of hydrazine groups is 1. The van der Waals surface area contributed by atoms with Crippen molar-refractivity contribution in [3.05, 3.63) is 57.3 Å². The van der Waals surface area contributed by atoms with E-state index in [2.05, 4.69) is 26.3 Å². The van der Waals surface area contributed by atoms with Crippen LogP contribution in [0.3, 0.4) is 0 Å².